The van der Waals surface area contributed by atoms with Crippen molar-refractivity contribution in [1.82, 2.24) is 0 Å². The molecule has 70 heavy (non-hydrogen) atoms. The molecule has 0 radical (unpaired) electrons. The number of furan rings is 1. The Morgan fingerprint density at radius 3 is 1.59 bits per heavy atom. The highest BCUT2D eigenvalue weighted by Crippen LogP contribution is 2.59. The van der Waals surface area contributed by atoms with Gasteiger partial charge in [-0.2, -0.15) is 0 Å². The first-order chi connectivity index (χ1) is 34.7. The maximum Gasteiger partial charge on any atom is 0.136 e. The normalized spacial score (nSPS) is 12.7. The number of fused-ring (bicyclic) bond motifs is 9. The molecule has 2 nitrogen and oxygen atoms in total. The Morgan fingerprint density at radius 1 is 0.343 bits per heavy atom. The van der Waals surface area contributed by atoms with Gasteiger partial charge in [-0.05, 0) is 116 Å². The maximum absolute atomic E-state index is 6.33. The highest BCUT2D eigenvalue weighted by molar-refractivity contribution is 7.26. The zero-order chi connectivity index (χ0) is 46.2. The predicted molar refractivity (Wildman–Crippen MR) is 295 cm³/mol. The van der Waals surface area contributed by atoms with E-state index in [1.54, 1.807) is 0 Å². The Kier molecular flexibility index (Phi) is 9.33. The van der Waals surface area contributed by atoms with Gasteiger partial charge in [0.1, 0.15) is 11.2 Å². The van der Waals surface area contributed by atoms with Gasteiger partial charge in [0.25, 0.3) is 0 Å². The van der Waals surface area contributed by atoms with Gasteiger partial charge in [0.15, 0.2) is 0 Å². The topological polar surface area (TPSA) is 16.4 Å². The molecule has 11 aromatic carbocycles. The minimum Gasteiger partial charge on any atom is -0.456 e. The molecule has 0 unspecified atom stereocenters. The maximum atomic E-state index is 6.33. The van der Waals surface area contributed by atoms with Crippen LogP contribution in [0.4, 0.5) is 17.1 Å². The Hall–Kier alpha value is -8.76. The van der Waals surface area contributed by atoms with E-state index < -0.39 is 5.41 Å². The summed E-state index contributed by atoms with van der Waals surface area (Å²) in [5, 5.41) is 4.91. The molecule has 1 aliphatic rings. The predicted octanol–water partition coefficient (Wildman–Crippen LogP) is 18.8. The number of hydrogen-bond acceptors (Lipinski definition) is 3. The molecular weight excluding hydrogens is 867 g/mol. The van der Waals surface area contributed by atoms with E-state index in [-0.39, 0.29) is 0 Å². The van der Waals surface area contributed by atoms with Gasteiger partial charge in [0, 0.05) is 47.9 Å². The summed E-state index contributed by atoms with van der Waals surface area (Å²) in [7, 11) is 0. The second-order valence-electron chi connectivity index (χ2n) is 18.3. The molecule has 2 aromatic heterocycles. The van der Waals surface area contributed by atoms with Crippen LogP contribution < -0.4 is 4.90 Å². The van der Waals surface area contributed by atoms with Crippen molar-refractivity contribution in [3.63, 3.8) is 0 Å². The first kappa shape index (κ1) is 40.3. The summed E-state index contributed by atoms with van der Waals surface area (Å²) in [6, 6.07) is 95.5. The van der Waals surface area contributed by atoms with E-state index in [1.807, 2.05) is 23.5 Å². The van der Waals surface area contributed by atoms with Gasteiger partial charge in [-0.1, -0.05) is 206 Å². The monoisotopic (exact) mass is 909 g/mol. The SMILES string of the molecule is c1ccc(C2(c3ccccc3)c3ccccc3-c3c(N(c4ccc(-c5ccc(-c6cccc7c6sc6ccccc67)cc5)cc4)c4ccc(-c5ccc6c(c5)oc5ccccc56)cc4)cccc32)cc1. The third-order valence-corrected chi connectivity index (χ3v) is 15.8. The Morgan fingerprint density at radius 2 is 0.857 bits per heavy atom. The fourth-order valence-electron chi connectivity index (χ4n) is 11.4. The third kappa shape index (κ3) is 6.25. The second-order valence-corrected chi connectivity index (χ2v) is 19.4. The lowest BCUT2D eigenvalue weighted by Crippen LogP contribution is -2.28. The molecule has 0 fully saturated rings. The Balaban J connectivity index is 0.900. The van der Waals surface area contributed by atoms with Gasteiger partial charge in [0.2, 0.25) is 0 Å². The van der Waals surface area contributed by atoms with Gasteiger partial charge in [-0.15, -0.1) is 11.3 Å². The van der Waals surface area contributed by atoms with E-state index in [1.165, 1.54) is 75.8 Å². The standard InChI is InChI=1S/C67H43NOS/c1-3-15-49(16-4-1)67(50-17-5-2-6-18-50)59-24-10-7-21-58(59)65-60(67)25-14-26-61(65)68(52-40-35-46(36-41-52)48-37-42-55-54-19-8-11-27-62(54)69-63(55)43-48)51-38-33-45(34-39-51)44-29-31-47(32-30-44)53-22-13-23-57-56-20-9-12-28-64(56)70-66(53)57/h1-43H. The lowest BCUT2D eigenvalue weighted by atomic mass is 9.68. The molecule has 328 valence electrons. The minimum absolute atomic E-state index is 0.520. The summed E-state index contributed by atoms with van der Waals surface area (Å²) < 4.78 is 8.99. The summed E-state index contributed by atoms with van der Waals surface area (Å²) in [6.07, 6.45) is 0. The van der Waals surface area contributed by atoms with Gasteiger partial charge >= 0.3 is 0 Å². The number of thiophene rings is 1. The first-order valence-corrected chi connectivity index (χ1v) is 24.8. The summed E-state index contributed by atoms with van der Waals surface area (Å²) >= 11 is 1.88. The van der Waals surface area contributed by atoms with Crippen LogP contribution in [-0.4, -0.2) is 0 Å². The van der Waals surface area contributed by atoms with E-state index in [0.29, 0.717) is 0 Å². The van der Waals surface area contributed by atoms with Crippen LogP contribution in [0.25, 0.3) is 86.6 Å². The smallest absolute Gasteiger partial charge is 0.136 e. The summed E-state index contributed by atoms with van der Waals surface area (Å²) in [6.45, 7) is 0. The van der Waals surface area contributed by atoms with Crippen molar-refractivity contribution in [2.45, 2.75) is 5.41 Å². The van der Waals surface area contributed by atoms with Gasteiger partial charge < -0.3 is 9.32 Å². The number of anilines is 3. The van der Waals surface area contributed by atoms with Crippen molar-refractivity contribution in [3.8, 4) is 44.5 Å². The number of para-hydroxylation sites is 1. The lowest BCUT2D eigenvalue weighted by molar-refractivity contribution is 0.669. The fraction of sp³-hybridized carbons (Fsp3) is 0.0149. The van der Waals surface area contributed by atoms with Crippen LogP contribution in [0, 0.1) is 0 Å². The fourth-order valence-corrected chi connectivity index (χ4v) is 12.7. The molecule has 2 heterocycles. The van der Waals surface area contributed by atoms with Crippen LogP contribution in [0.1, 0.15) is 22.3 Å². The molecule has 0 bridgehead atoms. The van der Waals surface area contributed by atoms with E-state index >= 15 is 0 Å². The molecule has 0 aliphatic heterocycles. The van der Waals surface area contributed by atoms with Gasteiger partial charge in [-0.3, -0.25) is 0 Å². The van der Waals surface area contributed by atoms with Crippen LogP contribution in [0.5, 0.6) is 0 Å². The van der Waals surface area contributed by atoms with Gasteiger partial charge in [0.05, 0.1) is 11.1 Å². The average molecular weight is 910 g/mol. The zero-order valence-corrected chi connectivity index (χ0v) is 38.9. The van der Waals surface area contributed by atoms with Crippen LogP contribution in [0.15, 0.2) is 265 Å². The molecule has 0 spiro atoms. The summed E-state index contributed by atoms with van der Waals surface area (Å²) in [5.74, 6) is 0. The van der Waals surface area contributed by atoms with Crippen molar-refractivity contribution in [2.24, 2.45) is 0 Å². The van der Waals surface area contributed by atoms with E-state index in [2.05, 4.69) is 254 Å². The van der Waals surface area contributed by atoms with Crippen LogP contribution in [0.3, 0.4) is 0 Å². The third-order valence-electron chi connectivity index (χ3n) is 14.6. The molecule has 0 amide bonds. The van der Waals surface area contributed by atoms with E-state index in [9.17, 15) is 0 Å². The number of nitrogens with zero attached hydrogens (tertiary/aromatic N) is 1. The molecule has 0 saturated heterocycles. The lowest BCUT2D eigenvalue weighted by Gasteiger charge is -2.34. The molecule has 14 rings (SSSR count). The van der Waals surface area contributed by atoms with Crippen molar-refractivity contribution in [3.05, 3.63) is 283 Å². The van der Waals surface area contributed by atoms with E-state index in [4.69, 9.17) is 4.42 Å². The molecule has 13 aromatic rings. The average Bonchev–Trinajstić information content (AvgIpc) is 4.11. The van der Waals surface area contributed by atoms with Gasteiger partial charge in [-0.25, -0.2) is 0 Å². The molecule has 0 N–H and O–H groups in total. The molecule has 0 saturated carbocycles. The van der Waals surface area contributed by atoms with Crippen LogP contribution in [0.2, 0.25) is 0 Å². The second kappa shape index (κ2) is 16.2. The minimum atomic E-state index is -0.520. The molecular formula is C67H43NOS. The zero-order valence-electron chi connectivity index (χ0n) is 38.1. The molecule has 3 heteroatoms. The highest BCUT2D eigenvalue weighted by Gasteiger charge is 2.47. The van der Waals surface area contributed by atoms with Crippen molar-refractivity contribution >= 4 is 70.5 Å². The largest absolute Gasteiger partial charge is 0.456 e. The number of rotatable bonds is 8. The van der Waals surface area contributed by atoms with Crippen molar-refractivity contribution in [1.29, 1.82) is 0 Å². The summed E-state index contributed by atoms with van der Waals surface area (Å²) in [5.41, 5.74) is 19.2. The summed E-state index contributed by atoms with van der Waals surface area (Å²) in [4.78, 5) is 2.45. The Bertz CT molecular complexity index is 4050. The molecule has 0 atom stereocenters. The molecule has 1 aliphatic carbocycles. The van der Waals surface area contributed by atoms with Crippen molar-refractivity contribution < 1.29 is 4.42 Å². The quantitative estimate of drug-likeness (QED) is 0.151. The number of benzene rings is 11. The van der Waals surface area contributed by atoms with Crippen LogP contribution in [-0.2, 0) is 5.41 Å². The van der Waals surface area contributed by atoms with Crippen LogP contribution >= 0.6 is 11.3 Å². The first-order valence-electron chi connectivity index (χ1n) is 24.0. The highest BCUT2D eigenvalue weighted by atomic mass is 32.1. The van der Waals surface area contributed by atoms with Crippen molar-refractivity contribution in [2.75, 3.05) is 4.90 Å². The number of hydrogen-bond donors (Lipinski definition) is 0. The Labute approximate surface area is 410 Å². The van der Waals surface area contributed by atoms with E-state index in [0.717, 1.165) is 50.1 Å².